The molecule has 1 aliphatic carbocycles. The molecule has 1 amide bonds. The lowest BCUT2D eigenvalue weighted by atomic mass is 9.66. The van der Waals surface area contributed by atoms with Crippen LogP contribution in [-0.4, -0.2) is 36.7 Å². The van der Waals surface area contributed by atoms with Crippen LogP contribution >= 0.6 is 0 Å². The molecule has 6 heteroatoms. The van der Waals surface area contributed by atoms with E-state index in [0.717, 1.165) is 19.3 Å². The monoisotopic (exact) mass is 323 g/mol. The van der Waals surface area contributed by atoms with Crippen LogP contribution in [-0.2, 0) is 16.0 Å². The number of carbonyl (C=O) groups excluding carboxylic acids is 1. The molecule has 0 saturated heterocycles. The van der Waals surface area contributed by atoms with Crippen molar-refractivity contribution in [3.05, 3.63) is 23.2 Å². The fourth-order valence-electron chi connectivity index (χ4n) is 3.05. The molecule has 1 aliphatic rings. The molecular weight excluding hydrogens is 298 g/mol. The van der Waals surface area contributed by atoms with Gasteiger partial charge in [-0.15, -0.1) is 0 Å². The molecule has 0 aliphatic heterocycles. The second-order valence-electron chi connectivity index (χ2n) is 6.27. The second kappa shape index (κ2) is 7.64. The number of furan rings is 1. The molecule has 1 heterocycles. The molecule has 23 heavy (non-hydrogen) atoms. The van der Waals surface area contributed by atoms with Gasteiger partial charge in [0.25, 0.3) is 5.91 Å². The minimum atomic E-state index is -1.01. The van der Waals surface area contributed by atoms with Gasteiger partial charge in [0.1, 0.15) is 12.2 Å². The maximum atomic E-state index is 12.5. The summed E-state index contributed by atoms with van der Waals surface area (Å²) < 4.78 is 10.7. The summed E-state index contributed by atoms with van der Waals surface area (Å²) in [7, 11) is 0. The van der Waals surface area contributed by atoms with E-state index in [-0.39, 0.29) is 23.5 Å². The van der Waals surface area contributed by atoms with E-state index in [2.05, 4.69) is 5.32 Å². The first-order valence-corrected chi connectivity index (χ1v) is 8.12. The Morgan fingerprint density at radius 3 is 2.74 bits per heavy atom. The van der Waals surface area contributed by atoms with Crippen LogP contribution in [0.3, 0.4) is 0 Å². The normalized spacial score (nSPS) is 15.9. The third-order valence-electron chi connectivity index (χ3n) is 4.61. The van der Waals surface area contributed by atoms with Crippen molar-refractivity contribution in [3.8, 4) is 0 Å². The van der Waals surface area contributed by atoms with Gasteiger partial charge in [-0.25, -0.2) is 0 Å². The van der Waals surface area contributed by atoms with E-state index in [1.807, 2.05) is 6.92 Å². The van der Waals surface area contributed by atoms with Gasteiger partial charge in [0.2, 0.25) is 0 Å². The summed E-state index contributed by atoms with van der Waals surface area (Å²) in [5, 5.41) is 11.9. The van der Waals surface area contributed by atoms with Crippen molar-refractivity contribution in [1.29, 1.82) is 0 Å². The minimum absolute atomic E-state index is 0.120. The highest BCUT2D eigenvalue weighted by Crippen LogP contribution is 2.43. The fourth-order valence-corrected chi connectivity index (χ4v) is 3.05. The molecule has 1 fully saturated rings. The van der Waals surface area contributed by atoms with Crippen LogP contribution in [0.2, 0.25) is 0 Å². The molecular formula is C17H25NO5. The number of carboxylic acid groups (broad SMARTS) is 1. The Morgan fingerprint density at radius 2 is 2.17 bits per heavy atom. The first-order valence-electron chi connectivity index (χ1n) is 8.12. The topological polar surface area (TPSA) is 88.8 Å². The average Bonchev–Trinajstić information content (AvgIpc) is 2.80. The fraction of sp³-hybridized carbons (Fsp3) is 0.647. The highest BCUT2D eigenvalue weighted by atomic mass is 16.5. The Hall–Kier alpha value is -1.82. The summed E-state index contributed by atoms with van der Waals surface area (Å²) in [5.41, 5.74) is 1.14. The lowest BCUT2D eigenvalue weighted by Gasteiger charge is -2.42. The maximum Gasteiger partial charge on any atom is 0.311 e. The van der Waals surface area contributed by atoms with Crippen molar-refractivity contribution >= 4 is 11.9 Å². The number of carbonyl (C=O) groups is 2. The molecule has 1 aromatic rings. The number of nitrogens with one attached hydrogen (secondary N) is 1. The lowest BCUT2D eigenvalue weighted by Crippen LogP contribution is -2.43. The van der Waals surface area contributed by atoms with E-state index in [0.29, 0.717) is 30.9 Å². The van der Waals surface area contributed by atoms with E-state index < -0.39 is 5.97 Å². The number of rotatable bonds is 9. The van der Waals surface area contributed by atoms with Gasteiger partial charge in [-0.2, -0.15) is 0 Å². The quantitative estimate of drug-likeness (QED) is 0.682. The summed E-state index contributed by atoms with van der Waals surface area (Å²) in [6, 6.07) is 0. The van der Waals surface area contributed by atoms with Crippen LogP contribution in [0.15, 0.2) is 10.7 Å². The van der Waals surface area contributed by atoms with Crippen molar-refractivity contribution in [3.63, 3.8) is 0 Å². The Morgan fingerprint density at radius 1 is 1.43 bits per heavy atom. The SMILES string of the molecule is CCOCCC1(CNC(=O)c2c(C)coc2CC(=O)O)CCC1. The number of hydrogen-bond donors (Lipinski definition) is 2. The van der Waals surface area contributed by atoms with Crippen LogP contribution in [0.4, 0.5) is 0 Å². The summed E-state index contributed by atoms with van der Waals surface area (Å²) >= 11 is 0. The van der Waals surface area contributed by atoms with E-state index in [9.17, 15) is 9.59 Å². The van der Waals surface area contributed by atoms with Gasteiger partial charge in [0, 0.05) is 25.3 Å². The molecule has 0 bridgehead atoms. The van der Waals surface area contributed by atoms with Crippen molar-refractivity contribution < 1.29 is 23.8 Å². The highest BCUT2D eigenvalue weighted by Gasteiger charge is 2.37. The Bertz CT molecular complexity index is 559. The molecule has 0 aromatic carbocycles. The number of ether oxygens (including phenoxy) is 1. The molecule has 1 aromatic heterocycles. The maximum absolute atomic E-state index is 12.5. The van der Waals surface area contributed by atoms with Crippen molar-refractivity contribution in [1.82, 2.24) is 5.32 Å². The molecule has 128 valence electrons. The standard InChI is InChI=1S/C17H25NO5/c1-3-22-8-7-17(5-4-6-17)11-18-16(21)15-12(2)10-23-13(15)9-14(19)20/h10H,3-9,11H2,1-2H3,(H,18,21)(H,19,20). The molecule has 0 radical (unpaired) electrons. The zero-order valence-electron chi connectivity index (χ0n) is 13.8. The Labute approximate surface area is 136 Å². The predicted molar refractivity (Wildman–Crippen MR) is 84.5 cm³/mol. The summed E-state index contributed by atoms with van der Waals surface area (Å²) in [5.74, 6) is -1.06. The highest BCUT2D eigenvalue weighted by molar-refractivity contribution is 5.97. The van der Waals surface area contributed by atoms with Gasteiger partial charge < -0.3 is 19.6 Å². The van der Waals surface area contributed by atoms with Crippen LogP contribution in [0.25, 0.3) is 0 Å². The second-order valence-corrected chi connectivity index (χ2v) is 6.27. The molecule has 2 N–H and O–H groups in total. The summed E-state index contributed by atoms with van der Waals surface area (Å²) in [6.45, 7) is 5.73. The number of aryl methyl sites for hydroxylation is 1. The van der Waals surface area contributed by atoms with Crippen molar-refractivity contribution in [2.24, 2.45) is 5.41 Å². The number of carboxylic acids is 1. The van der Waals surface area contributed by atoms with E-state index >= 15 is 0 Å². The molecule has 0 atom stereocenters. The zero-order valence-corrected chi connectivity index (χ0v) is 13.8. The molecule has 0 unspecified atom stereocenters. The van der Waals surface area contributed by atoms with E-state index in [1.54, 1.807) is 6.92 Å². The van der Waals surface area contributed by atoms with E-state index in [1.165, 1.54) is 12.7 Å². The molecule has 1 saturated carbocycles. The molecule has 6 nitrogen and oxygen atoms in total. The molecule has 2 rings (SSSR count). The number of amides is 1. The molecule has 0 spiro atoms. The average molecular weight is 323 g/mol. The third-order valence-corrected chi connectivity index (χ3v) is 4.61. The van der Waals surface area contributed by atoms with Gasteiger partial charge >= 0.3 is 5.97 Å². The van der Waals surface area contributed by atoms with Crippen LogP contribution in [0, 0.1) is 12.3 Å². The van der Waals surface area contributed by atoms with Crippen LogP contribution in [0.1, 0.15) is 54.3 Å². The first kappa shape index (κ1) is 17.5. The van der Waals surface area contributed by atoms with Crippen molar-refractivity contribution in [2.45, 2.75) is 46.0 Å². The summed E-state index contributed by atoms with van der Waals surface area (Å²) in [4.78, 5) is 23.3. The third kappa shape index (κ3) is 4.34. The largest absolute Gasteiger partial charge is 0.481 e. The van der Waals surface area contributed by atoms with Crippen molar-refractivity contribution in [2.75, 3.05) is 19.8 Å². The Balaban J connectivity index is 1.96. The lowest BCUT2D eigenvalue weighted by molar-refractivity contribution is -0.136. The zero-order chi connectivity index (χ0) is 16.9. The first-order chi connectivity index (χ1) is 11.0. The van der Waals surface area contributed by atoms with Gasteiger partial charge in [-0.1, -0.05) is 6.42 Å². The van der Waals surface area contributed by atoms with Crippen LogP contribution in [0.5, 0.6) is 0 Å². The Kier molecular flexibility index (Phi) is 5.82. The van der Waals surface area contributed by atoms with Gasteiger partial charge in [0.15, 0.2) is 0 Å². The number of aliphatic carboxylic acids is 1. The number of hydrogen-bond acceptors (Lipinski definition) is 4. The minimum Gasteiger partial charge on any atom is -0.481 e. The van der Waals surface area contributed by atoms with Gasteiger partial charge in [-0.05, 0) is 38.5 Å². The summed E-state index contributed by atoms with van der Waals surface area (Å²) in [6.07, 6.45) is 5.44. The van der Waals surface area contributed by atoms with E-state index in [4.69, 9.17) is 14.3 Å². The smallest absolute Gasteiger partial charge is 0.311 e. The van der Waals surface area contributed by atoms with Crippen LogP contribution < -0.4 is 5.32 Å². The van der Waals surface area contributed by atoms with Gasteiger partial charge in [-0.3, -0.25) is 9.59 Å². The van der Waals surface area contributed by atoms with Gasteiger partial charge in [0.05, 0.1) is 11.8 Å². The predicted octanol–water partition coefficient (Wildman–Crippen LogP) is 2.54.